The summed E-state index contributed by atoms with van der Waals surface area (Å²) in [6, 6.07) is 5.62. The molecule has 0 aliphatic heterocycles. The molecule has 1 aromatic carbocycles. The van der Waals surface area contributed by atoms with E-state index < -0.39 is 11.9 Å². The van der Waals surface area contributed by atoms with Crippen LogP contribution in [0.4, 0.5) is 4.39 Å². The number of carbonyl (C=O) groups is 2. The Balaban J connectivity index is 1.70. The van der Waals surface area contributed by atoms with Crippen LogP contribution < -0.4 is 5.32 Å². The summed E-state index contributed by atoms with van der Waals surface area (Å²) in [5.74, 6) is -1.94. The second kappa shape index (κ2) is 7.46. The van der Waals surface area contributed by atoms with E-state index in [9.17, 15) is 14.0 Å². The van der Waals surface area contributed by atoms with Gasteiger partial charge in [-0.15, -0.1) is 0 Å². The fraction of sp³-hybridized carbons (Fsp3) is 0.389. The highest BCUT2D eigenvalue weighted by molar-refractivity contribution is 5.85. The Morgan fingerprint density at radius 3 is 2.88 bits per heavy atom. The molecule has 1 aromatic heterocycles. The monoisotopic (exact) mass is 345 g/mol. The number of H-pyrrole nitrogens is 1. The molecule has 132 valence electrons. The summed E-state index contributed by atoms with van der Waals surface area (Å²) >= 11 is 0. The van der Waals surface area contributed by atoms with Crippen LogP contribution in [0, 0.1) is 5.82 Å². The number of fused-ring (bicyclic) bond motifs is 1. The van der Waals surface area contributed by atoms with Gasteiger partial charge in [-0.3, -0.25) is 14.7 Å². The second-order valence-corrected chi connectivity index (χ2v) is 6.12. The van der Waals surface area contributed by atoms with Crippen molar-refractivity contribution in [2.45, 2.75) is 31.1 Å². The average Bonchev–Trinajstić information content (AvgIpc) is 3.11. The number of aromatic amines is 1. The van der Waals surface area contributed by atoms with E-state index in [1.165, 1.54) is 31.4 Å². The predicted molar refractivity (Wildman–Crippen MR) is 88.4 cm³/mol. The maximum absolute atomic E-state index is 13.1. The third-order valence-corrected chi connectivity index (χ3v) is 4.60. The zero-order valence-corrected chi connectivity index (χ0v) is 13.9. The molecular weight excluding hydrogens is 325 g/mol. The number of carbonyl (C=O) groups excluding carboxylic acids is 2. The third kappa shape index (κ3) is 3.70. The number of hydrogen-bond acceptors (Lipinski definition) is 4. The highest BCUT2D eigenvalue weighted by Gasteiger charge is 2.29. The van der Waals surface area contributed by atoms with Gasteiger partial charge < -0.3 is 10.1 Å². The van der Waals surface area contributed by atoms with Crippen LogP contribution in [0.15, 0.2) is 30.5 Å². The van der Waals surface area contributed by atoms with E-state index in [4.69, 9.17) is 4.74 Å². The van der Waals surface area contributed by atoms with Crippen LogP contribution in [-0.4, -0.2) is 35.7 Å². The molecule has 25 heavy (non-hydrogen) atoms. The van der Waals surface area contributed by atoms with E-state index in [0.717, 1.165) is 30.5 Å². The smallest absolute Gasteiger partial charge is 0.314 e. The Labute approximate surface area is 144 Å². The number of nitrogens with one attached hydrogen (secondary N) is 2. The molecule has 0 unspecified atom stereocenters. The summed E-state index contributed by atoms with van der Waals surface area (Å²) in [4.78, 5) is 24.7. The molecule has 0 fully saturated rings. The van der Waals surface area contributed by atoms with Crippen LogP contribution in [0.1, 0.15) is 41.5 Å². The Morgan fingerprint density at radius 2 is 2.16 bits per heavy atom. The summed E-state index contributed by atoms with van der Waals surface area (Å²) in [5.41, 5.74) is 2.51. The quantitative estimate of drug-likeness (QED) is 0.812. The molecule has 0 radical (unpaired) electrons. The number of amides is 1. The van der Waals surface area contributed by atoms with Gasteiger partial charge in [0, 0.05) is 17.8 Å². The topological polar surface area (TPSA) is 84.1 Å². The van der Waals surface area contributed by atoms with Crippen molar-refractivity contribution >= 4 is 11.9 Å². The summed E-state index contributed by atoms with van der Waals surface area (Å²) in [5, 5.41) is 9.78. The molecular formula is C18H20FN3O3. The normalized spacial score (nSPS) is 17.4. The predicted octanol–water partition coefficient (Wildman–Crippen LogP) is 2.04. The zero-order valence-electron chi connectivity index (χ0n) is 13.9. The van der Waals surface area contributed by atoms with Crippen molar-refractivity contribution < 1.29 is 18.7 Å². The number of nitrogens with zero attached hydrogens (tertiary/aromatic N) is 1. The molecule has 0 saturated carbocycles. The first-order chi connectivity index (χ1) is 12.1. The molecule has 2 atom stereocenters. The summed E-state index contributed by atoms with van der Waals surface area (Å²) in [6.07, 6.45) is 4.24. The molecule has 7 heteroatoms. The number of methoxy groups -OCH3 is 1. The van der Waals surface area contributed by atoms with Crippen molar-refractivity contribution in [2.75, 3.05) is 13.7 Å². The standard InChI is InChI=1S/C18H20FN3O3/c1-25-18(24)14(11-5-7-12(19)8-6-11)9-20-17(23)13-3-2-4-16-15(13)10-21-22-16/h5-8,10,13-14H,2-4,9H2,1H3,(H,20,23)(H,21,22)/t13-,14-/m1/s1. The molecule has 1 amide bonds. The minimum Gasteiger partial charge on any atom is -0.468 e. The fourth-order valence-corrected chi connectivity index (χ4v) is 3.23. The van der Waals surface area contributed by atoms with Crippen LogP contribution in [-0.2, 0) is 20.7 Å². The van der Waals surface area contributed by atoms with Crippen LogP contribution in [0.2, 0.25) is 0 Å². The molecule has 2 N–H and O–H groups in total. The Hall–Kier alpha value is -2.70. The largest absolute Gasteiger partial charge is 0.468 e. The number of rotatable bonds is 5. The molecule has 3 rings (SSSR count). The first-order valence-electron chi connectivity index (χ1n) is 8.23. The van der Waals surface area contributed by atoms with Crippen molar-refractivity contribution in [3.63, 3.8) is 0 Å². The Bertz CT molecular complexity index is 757. The molecule has 2 aromatic rings. The molecule has 1 aliphatic carbocycles. The number of aryl methyl sites for hydroxylation is 1. The minimum absolute atomic E-state index is 0.0980. The van der Waals surface area contributed by atoms with Gasteiger partial charge in [-0.05, 0) is 37.0 Å². The Kier molecular flexibility index (Phi) is 5.11. The van der Waals surface area contributed by atoms with E-state index in [-0.39, 0.29) is 24.2 Å². The van der Waals surface area contributed by atoms with Crippen LogP contribution >= 0.6 is 0 Å². The van der Waals surface area contributed by atoms with Gasteiger partial charge in [-0.1, -0.05) is 12.1 Å². The van der Waals surface area contributed by atoms with E-state index in [1.807, 2.05) is 0 Å². The SMILES string of the molecule is COC(=O)[C@H](CNC(=O)[C@@H]1CCCc2[nH]ncc21)c1ccc(F)cc1. The maximum Gasteiger partial charge on any atom is 0.314 e. The molecule has 1 aliphatic rings. The lowest BCUT2D eigenvalue weighted by Crippen LogP contribution is -2.36. The lowest BCUT2D eigenvalue weighted by Gasteiger charge is -2.22. The van der Waals surface area contributed by atoms with Crippen LogP contribution in [0.3, 0.4) is 0 Å². The highest BCUT2D eigenvalue weighted by Crippen LogP contribution is 2.30. The van der Waals surface area contributed by atoms with Gasteiger partial charge in [0.1, 0.15) is 5.82 Å². The lowest BCUT2D eigenvalue weighted by molar-refractivity contribution is -0.142. The second-order valence-electron chi connectivity index (χ2n) is 6.12. The number of esters is 1. The molecule has 6 nitrogen and oxygen atoms in total. The maximum atomic E-state index is 13.1. The summed E-state index contributed by atoms with van der Waals surface area (Å²) < 4.78 is 17.9. The van der Waals surface area contributed by atoms with Crippen molar-refractivity contribution in [3.05, 3.63) is 53.1 Å². The fourth-order valence-electron chi connectivity index (χ4n) is 3.23. The number of hydrogen-bond donors (Lipinski definition) is 2. The van der Waals surface area contributed by atoms with Crippen molar-refractivity contribution in [3.8, 4) is 0 Å². The lowest BCUT2D eigenvalue weighted by atomic mass is 9.86. The van der Waals surface area contributed by atoms with Gasteiger partial charge >= 0.3 is 5.97 Å². The number of ether oxygens (including phenoxy) is 1. The van der Waals surface area contributed by atoms with Gasteiger partial charge in [0.25, 0.3) is 0 Å². The van der Waals surface area contributed by atoms with Crippen molar-refractivity contribution in [1.29, 1.82) is 0 Å². The minimum atomic E-state index is -0.679. The van der Waals surface area contributed by atoms with E-state index in [2.05, 4.69) is 15.5 Å². The van der Waals surface area contributed by atoms with Crippen molar-refractivity contribution in [1.82, 2.24) is 15.5 Å². The first-order valence-corrected chi connectivity index (χ1v) is 8.23. The third-order valence-electron chi connectivity index (χ3n) is 4.60. The number of benzene rings is 1. The van der Waals surface area contributed by atoms with Crippen LogP contribution in [0.25, 0.3) is 0 Å². The van der Waals surface area contributed by atoms with Gasteiger partial charge in [-0.25, -0.2) is 4.39 Å². The van der Waals surface area contributed by atoms with E-state index in [1.54, 1.807) is 6.20 Å². The zero-order chi connectivity index (χ0) is 17.8. The van der Waals surface area contributed by atoms with Gasteiger partial charge in [0.15, 0.2) is 0 Å². The summed E-state index contributed by atoms with van der Waals surface area (Å²) in [7, 11) is 1.29. The van der Waals surface area contributed by atoms with Gasteiger partial charge in [0.2, 0.25) is 5.91 Å². The number of aromatic nitrogens is 2. The molecule has 0 bridgehead atoms. The number of halogens is 1. The molecule has 1 heterocycles. The molecule has 0 spiro atoms. The summed E-state index contributed by atoms with van der Waals surface area (Å²) in [6.45, 7) is 0.0980. The van der Waals surface area contributed by atoms with E-state index in [0.29, 0.717) is 5.56 Å². The first kappa shape index (κ1) is 17.1. The molecule has 0 saturated heterocycles. The van der Waals surface area contributed by atoms with Crippen molar-refractivity contribution in [2.24, 2.45) is 0 Å². The van der Waals surface area contributed by atoms with Crippen LogP contribution in [0.5, 0.6) is 0 Å². The van der Waals surface area contributed by atoms with Gasteiger partial charge in [0.05, 0.1) is 25.1 Å². The van der Waals surface area contributed by atoms with Gasteiger partial charge in [-0.2, -0.15) is 5.10 Å². The highest BCUT2D eigenvalue weighted by atomic mass is 19.1. The average molecular weight is 345 g/mol. The van der Waals surface area contributed by atoms with E-state index >= 15 is 0 Å². The Morgan fingerprint density at radius 1 is 1.40 bits per heavy atom.